The summed E-state index contributed by atoms with van der Waals surface area (Å²) < 4.78 is 23.8. The van der Waals surface area contributed by atoms with E-state index in [4.69, 9.17) is 5.73 Å². The van der Waals surface area contributed by atoms with Crippen LogP contribution in [0.1, 0.15) is 16.8 Å². The SMILES string of the molecule is CS(=O)CCCNC(=O)c1cc(N)cc(F)c1. The number of rotatable bonds is 5. The lowest BCUT2D eigenvalue weighted by Gasteiger charge is -2.05. The zero-order valence-electron chi connectivity index (χ0n) is 9.53. The minimum atomic E-state index is -0.863. The highest BCUT2D eigenvalue weighted by molar-refractivity contribution is 7.84. The topological polar surface area (TPSA) is 72.2 Å². The molecule has 1 aromatic carbocycles. The van der Waals surface area contributed by atoms with Gasteiger partial charge in [-0.25, -0.2) is 4.39 Å². The number of amides is 1. The van der Waals surface area contributed by atoms with Crippen molar-refractivity contribution in [3.63, 3.8) is 0 Å². The quantitative estimate of drug-likeness (QED) is 0.609. The Balaban J connectivity index is 2.49. The van der Waals surface area contributed by atoms with Crippen LogP contribution < -0.4 is 11.1 Å². The van der Waals surface area contributed by atoms with Crippen molar-refractivity contribution in [2.24, 2.45) is 0 Å². The first-order chi connectivity index (χ1) is 7.99. The van der Waals surface area contributed by atoms with E-state index in [2.05, 4.69) is 5.32 Å². The third-order valence-corrected chi connectivity index (χ3v) is 2.94. The number of nitrogen functional groups attached to an aromatic ring is 1. The Morgan fingerprint density at radius 1 is 1.47 bits per heavy atom. The normalized spacial score (nSPS) is 12.1. The average molecular weight is 258 g/mol. The molecule has 6 heteroatoms. The zero-order valence-corrected chi connectivity index (χ0v) is 10.3. The fraction of sp³-hybridized carbons (Fsp3) is 0.364. The number of hydrogen-bond donors (Lipinski definition) is 2. The summed E-state index contributed by atoms with van der Waals surface area (Å²) in [7, 11) is -0.863. The van der Waals surface area contributed by atoms with Crippen LogP contribution in [0.5, 0.6) is 0 Å². The monoisotopic (exact) mass is 258 g/mol. The van der Waals surface area contributed by atoms with Gasteiger partial charge in [0.2, 0.25) is 0 Å². The summed E-state index contributed by atoms with van der Waals surface area (Å²) in [6, 6.07) is 3.69. The first kappa shape index (κ1) is 13.6. The molecule has 1 rings (SSSR count). The van der Waals surface area contributed by atoms with E-state index in [1.165, 1.54) is 6.07 Å². The lowest BCUT2D eigenvalue weighted by molar-refractivity contribution is 0.0953. The van der Waals surface area contributed by atoms with Gasteiger partial charge >= 0.3 is 0 Å². The molecule has 0 saturated carbocycles. The van der Waals surface area contributed by atoms with Crippen LogP contribution in [0.15, 0.2) is 18.2 Å². The molecule has 1 unspecified atom stereocenters. The number of carbonyl (C=O) groups is 1. The molecule has 0 aromatic heterocycles. The fourth-order valence-corrected chi connectivity index (χ4v) is 1.87. The summed E-state index contributed by atoms with van der Waals surface area (Å²) in [5, 5.41) is 2.61. The molecule has 4 nitrogen and oxygen atoms in total. The molecule has 0 aliphatic rings. The lowest BCUT2D eigenvalue weighted by atomic mass is 10.2. The van der Waals surface area contributed by atoms with Gasteiger partial charge in [-0.05, 0) is 24.6 Å². The molecule has 1 aromatic rings. The van der Waals surface area contributed by atoms with Crippen LogP contribution in [0, 0.1) is 5.82 Å². The Labute approximate surface area is 102 Å². The van der Waals surface area contributed by atoms with Crippen molar-refractivity contribution in [2.45, 2.75) is 6.42 Å². The third kappa shape index (κ3) is 4.95. The third-order valence-electron chi connectivity index (χ3n) is 2.08. The molecular weight excluding hydrogens is 243 g/mol. The summed E-state index contributed by atoms with van der Waals surface area (Å²) in [4.78, 5) is 11.6. The van der Waals surface area contributed by atoms with Crippen LogP contribution in [-0.4, -0.2) is 28.7 Å². The zero-order chi connectivity index (χ0) is 12.8. The van der Waals surface area contributed by atoms with E-state index < -0.39 is 16.6 Å². The Bertz CT molecular complexity index is 417. The molecule has 17 heavy (non-hydrogen) atoms. The maximum Gasteiger partial charge on any atom is 0.251 e. The van der Waals surface area contributed by atoms with Gasteiger partial charge < -0.3 is 11.1 Å². The van der Waals surface area contributed by atoms with Crippen molar-refractivity contribution in [3.05, 3.63) is 29.6 Å². The highest BCUT2D eigenvalue weighted by Crippen LogP contribution is 2.10. The van der Waals surface area contributed by atoms with Crippen LogP contribution >= 0.6 is 0 Å². The molecule has 0 radical (unpaired) electrons. The summed E-state index contributed by atoms with van der Waals surface area (Å²) in [6.07, 6.45) is 2.23. The number of nitrogens with one attached hydrogen (secondary N) is 1. The largest absolute Gasteiger partial charge is 0.399 e. The number of halogens is 1. The molecule has 0 heterocycles. The molecule has 1 atom stereocenters. The number of carbonyl (C=O) groups excluding carboxylic acids is 1. The van der Waals surface area contributed by atoms with E-state index in [1.807, 2.05) is 0 Å². The predicted octanol–water partition coefficient (Wildman–Crippen LogP) is 0.906. The van der Waals surface area contributed by atoms with E-state index >= 15 is 0 Å². The second-order valence-corrected chi connectivity index (χ2v) is 5.21. The van der Waals surface area contributed by atoms with Gasteiger partial charge in [0.15, 0.2) is 0 Å². The van der Waals surface area contributed by atoms with E-state index in [-0.39, 0.29) is 17.2 Å². The maximum absolute atomic E-state index is 13.0. The molecule has 0 saturated heterocycles. The summed E-state index contributed by atoms with van der Waals surface area (Å²) in [5.41, 5.74) is 5.84. The smallest absolute Gasteiger partial charge is 0.251 e. The molecule has 1 amide bonds. The fourth-order valence-electron chi connectivity index (χ4n) is 1.32. The summed E-state index contributed by atoms with van der Waals surface area (Å²) in [6.45, 7) is 0.412. The highest BCUT2D eigenvalue weighted by atomic mass is 32.2. The summed E-state index contributed by atoms with van der Waals surface area (Å²) >= 11 is 0. The van der Waals surface area contributed by atoms with Gasteiger partial charge in [0.25, 0.3) is 5.91 Å². The molecule has 0 fully saturated rings. The van der Waals surface area contributed by atoms with Crippen molar-refractivity contribution < 1.29 is 13.4 Å². The molecule has 94 valence electrons. The van der Waals surface area contributed by atoms with Gasteiger partial charge in [0.1, 0.15) is 5.82 Å². The van der Waals surface area contributed by atoms with Gasteiger partial charge in [-0.15, -0.1) is 0 Å². The van der Waals surface area contributed by atoms with E-state index in [0.29, 0.717) is 18.7 Å². The minimum Gasteiger partial charge on any atom is -0.399 e. The van der Waals surface area contributed by atoms with Crippen LogP contribution in [0.25, 0.3) is 0 Å². The van der Waals surface area contributed by atoms with Gasteiger partial charge in [0.05, 0.1) is 0 Å². The maximum atomic E-state index is 13.0. The highest BCUT2D eigenvalue weighted by Gasteiger charge is 2.07. The Hall–Kier alpha value is -1.43. The summed E-state index contributed by atoms with van der Waals surface area (Å²) in [5.74, 6) is -0.381. The predicted molar refractivity (Wildman–Crippen MR) is 66.7 cm³/mol. The first-order valence-corrected chi connectivity index (χ1v) is 6.86. The standard InChI is InChI=1S/C11H15FN2O2S/c1-17(16)4-2-3-14-11(15)8-5-9(12)7-10(13)6-8/h5-7H,2-4,13H2,1H3,(H,14,15). The van der Waals surface area contributed by atoms with Crippen molar-refractivity contribution >= 4 is 22.4 Å². The second kappa shape index (κ2) is 6.34. The molecule has 3 N–H and O–H groups in total. The number of anilines is 1. The molecule has 0 bridgehead atoms. The molecule has 0 aliphatic heterocycles. The first-order valence-electron chi connectivity index (χ1n) is 5.13. The minimum absolute atomic E-state index is 0.195. The van der Waals surface area contributed by atoms with Crippen LogP contribution in [0.2, 0.25) is 0 Å². The van der Waals surface area contributed by atoms with E-state index in [9.17, 15) is 13.4 Å². The van der Waals surface area contributed by atoms with Crippen molar-refractivity contribution in [3.8, 4) is 0 Å². The Kier molecular flexibility index (Phi) is 5.09. The van der Waals surface area contributed by atoms with Crippen molar-refractivity contribution in [1.82, 2.24) is 5.32 Å². The van der Waals surface area contributed by atoms with Crippen LogP contribution in [0.4, 0.5) is 10.1 Å². The van der Waals surface area contributed by atoms with Gasteiger partial charge in [-0.2, -0.15) is 0 Å². The second-order valence-electron chi connectivity index (χ2n) is 3.66. The number of benzene rings is 1. The lowest BCUT2D eigenvalue weighted by Crippen LogP contribution is -2.25. The average Bonchev–Trinajstić information content (AvgIpc) is 2.22. The van der Waals surface area contributed by atoms with Crippen LogP contribution in [0.3, 0.4) is 0 Å². The Morgan fingerprint density at radius 3 is 2.76 bits per heavy atom. The molecule has 0 aliphatic carbocycles. The van der Waals surface area contributed by atoms with Gasteiger partial charge in [-0.1, -0.05) is 0 Å². The number of hydrogen-bond acceptors (Lipinski definition) is 3. The van der Waals surface area contributed by atoms with E-state index in [0.717, 1.165) is 12.1 Å². The molecule has 0 spiro atoms. The number of nitrogens with two attached hydrogens (primary N) is 1. The Morgan fingerprint density at radius 2 is 2.18 bits per heavy atom. The van der Waals surface area contributed by atoms with E-state index in [1.54, 1.807) is 6.26 Å². The van der Waals surface area contributed by atoms with Crippen molar-refractivity contribution in [2.75, 3.05) is 24.3 Å². The van der Waals surface area contributed by atoms with Crippen molar-refractivity contribution in [1.29, 1.82) is 0 Å². The van der Waals surface area contributed by atoms with Crippen LogP contribution in [-0.2, 0) is 10.8 Å². The van der Waals surface area contributed by atoms with Gasteiger partial charge in [-0.3, -0.25) is 9.00 Å². The molecular formula is C11H15FN2O2S. The van der Waals surface area contributed by atoms with Gasteiger partial charge in [0, 0.05) is 40.6 Å².